The smallest absolute Gasteiger partial charge is 0.409 e. The minimum atomic E-state index is -0.771. The van der Waals surface area contributed by atoms with E-state index in [0.717, 1.165) is 17.7 Å². The summed E-state index contributed by atoms with van der Waals surface area (Å²) in [6, 6.07) is 7.78. The van der Waals surface area contributed by atoms with Gasteiger partial charge in [0, 0.05) is 43.5 Å². The number of likely N-dealkylation sites (tertiary alicyclic amines) is 2. The Kier molecular flexibility index (Phi) is 6.15. The monoisotopic (exact) mass is 477 g/mol. The number of rotatable bonds is 4. The van der Waals surface area contributed by atoms with E-state index in [0.29, 0.717) is 50.3 Å². The molecule has 0 saturated carbocycles. The molecular formula is C26H27N3O6. The number of carbonyl (C=O) groups excluding carboxylic acids is 3. The van der Waals surface area contributed by atoms with Crippen LogP contribution in [0.1, 0.15) is 42.5 Å². The summed E-state index contributed by atoms with van der Waals surface area (Å²) in [4.78, 5) is 46.1. The maximum atomic E-state index is 13.3. The molecule has 182 valence electrons. The number of piperidine rings is 1. The van der Waals surface area contributed by atoms with Crippen LogP contribution < -0.4 is 4.74 Å². The molecule has 0 bridgehead atoms. The van der Waals surface area contributed by atoms with Crippen LogP contribution in [0, 0.1) is 0 Å². The molecule has 3 aliphatic heterocycles. The van der Waals surface area contributed by atoms with Crippen molar-refractivity contribution in [3.63, 3.8) is 0 Å². The van der Waals surface area contributed by atoms with Gasteiger partial charge < -0.3 is 24.4 Å². The summed E-state index contributed by atoms with van der Waals surface area (Å²) >= 11 is 0. The van der Waals surface area contributed by atoms with Gasteiger partial charge in [-0.25, -0.2) is 4.79 Å². The summed E-state index contributed by atoms with van der Waals surface area (Å²) in [6.07, 6.45) is 4.57. The summed E-state index contributed by atoms with van der Waals surface area (Å²) in [5.41, 5.74) is 2.12. The van der Waals surface area contributed by atoms with Crippen molar-refractivity contribution in [3.8, 4) is 5.75 Å². The van der Waals surface area contributed by atoms with Crippen molar-refractivity contribution in [2.75, 3.05) is 26.3 Å². The van der Waals surface area contributed by atoms with Gasteiger partial charge in [-0.3, -0.25) is 14.6 Å². The largest absolute Gasteiger partial charge is 0.507 e. The first-order valence-electron chi connectivity index (χ1n) is 11.9. The van der Waals surface area contributed by atoms with Crippen molar-refractivity contribution >= 4 is 23.5 Å². The van der Waals surface area contributed by atoms with Crippen molar-refractivity contribution in [1.29, 1.82) is 0 Å². The molecule has 2 aromatic rings. The summed E-state index contributed by atoms with van der Waals surface area (Å²) in [6.45, 7) is 3.45. The molecular weight excluding hydrogens is 450 g/mol. The molecule has 2 fully saturated rings. The van der Waals surface area contributed by atoms with Gasteiger partial charge in [-0.1, -0.05) is 6.07 Å². The predicted octanol–water partition coefficient (Wildman–Crippen LogP) is 3.06. The van der Waals surface area contributed by atoms with E-state index in [4.69, 9.17) is 9.47 Å². The highest BCUT2D eigenvalue weighted by Gasteiger charge is 2.49. The van der Waals surface area contributed by atoms with Gasteiger partial charge in [-0.05, 0) is 55.2 Å². The highest BCUT2D eigenvalue weighted by atomic mass is 16.6. The number of Topliss-reactive ketones (excluding diaryl/α,β-unsaturated/α-hetero) is 1. The first-order chi connectivity index (χ1) is 17.0. The van der Waals surface area contributed by atoms with Gasteiger partial charge >= 0.3 is 6.09 Å². The number of benzene rings is 1. The average molecular weight is 478 g/mol. The van der Waals surface area contributed by atoms with Gasteiger partial charge in [0.25, 0.3) is 11.7 Å². The Hall–Kier alpha value is -3.88. The van der Waals surface area contributed by atoms with Crippen LogP contribution in [0.25, 0.3) is 5.76 Å². The molecule has 0 spiro atoms. The Bertz CT molecular complexity index is 1190. The van der Waals surface area contributed by atoms with E-state index in [-0.39, 0.29) is 23.5 Å². The fraction of sp³-hybridized carbons (Fsp3) is 0.385. The topological polar surface area (TPSA) is 109 Å². The zero-order valence-corrected chi connectivity index (χ0v) is 19.5. The quantitative estimate of drug-likeness (QED) is 0.409. The van der Waals surface area contributed by atoms with E-state index in [1.807, 2.05) is 6.07 Å². The van der Waals surface area contributed by atoms with Crippen LogP contribution in [0.2, 0.25) is 0 Å². The third kappa shape index (κ3) is 4.11. The first kappa shape index (κ1) is 22.9. The normalized spacial score (nSPS) is 21.7. The van der Waals surface area contributed by atoms with Crippen LogP contribution in [0.15, 0.2) is 48.3 Å². The Morgan fingerprint density at radius 2 is 2.03 bits per heavy atom. The average Bonchev–Trinajstić information content (AvgIpc) is 3.46. The van der Waals surface area contributed by atoms with Crippen LogP contribution >= 0.6 is 0 Å². The van der Waals surface area contributed by atoms with Crippen molar-refractivity contribution in [2.45, 2.75) is 38.3 Å². The molecule has 2 saturated heterocycles. The lowest BCUT2D eigenvalue weighted by atomic mass is 9.94. The Labute approximate surface area is 203 Å². The van der Waals surface area contributed by atoms with E-state index < -0.39 is 17.7 Å². The van der Waals surface area contributed by atoms with Crippen LogP contribution in [-0.4, -0.2) is 70.0 Å². The number of aliphatic hydroxyl groups excluding tert-OH is 1. The summed E-state index contributed by atoms with van der Waals surface area (Å²) in [7, 11) is 0. The fourth-order valence-corrected chi connectivity index (χ4v) is 5.12. The molecule has 3 aliphatic rings. The molecule has 9 nitrogen and oxygen atoms in total. The van der Waals surface area contributed by atoms with Gasteiger partial charge in [-0.15, -0.1) is 0 Å². The van der Waals surface area contributed by atoms with Crippen molar-refractivity contribution in [3.05, 3.63) is 65.0 Å². The molecule has 1 N–H and O–H groups in total. The number of amides is 2. The highest BCUT2D eigenvalue weighted by Crippen LogP contribution is 2.42. The van der Waals surface area contributed by atoms with E-state index in [9.17, 15) is 19.5 Å². The number of carbonyl (C=O) groups is 3. The van der Waals surface area contributed by atoms with Gasteiger partial charge in [-0.2, -0.15) is 0 Å². The van der Waals surface area contributed by atoms with Gasteiger partial charge in [0.1, 0.15) is 11.5 Å². The minimum Gasteiger partial charge on any atom is -0.507 e. The number of pyridine rings is 1. The van der Waals surface area contributed by atoms with E-state index in [2.05, 4.69) is 4.98 Å². The number of aliphatic hydroxyl groups is 1. The molecule has 1 unspecified atom stereocenters. The van der Waals surface area contributed by atoms with Crippen molar-refractivity contribution < 1.29 is 29.0 Å². The number of hydrogen-bond donors (Lipinski definition) is 1. The number of ether oxygens (including phenoxy) is 2. The van der Waals surface area contributed by atoms with E-state index in [1.54, 1.807) is 53.4 Å². The second-order valence-corrected chi connectivity index (χ2v) is 8.83. The molecule has 2 amide bonds. The highest BCUT2D eigenvalue weighted by molar-refractivity contribution is 6.46. The van der Waals surface area contributed by atoms with Crippen LogP contribution in [0.5, 0.6) is 5.75 Å². The number of ketones is 1. The summed E-state index contributed by atoms with van der Waals surface area (Å²) in [5, 5.41) is 11.3. The van der Waals surface area contributed by atoms with E-state index >= 15 is 0 Å². The standard InChI is InChI=1S/C26H27N3O6/c1-2-34-26(33)28-11-7-19(8-12-28)29-22(18-4-3-10-27-15-18)21(24(31)25(29)32)23(30)17-5-6-20-16(14-17)9-13-35-20/h3-6,10,14-15,19,22,30H,2,7-9,11-13H2,1H3/b23-21-. The maximum absolute atomic E-state index is 13.3. The van der Waals surface area contributed by atoms with Gasteiger partial charge in [0.05, 0.1) is 24.8 Å². The summed E-state index contributed by atoms with van der Waals surface area (Å²) in [5.74, 6) is -0.821. The molecule has 0 radical (unpaired) electrons. The summed E-state index contributed by atoms with van der Waals surface area (Å²) < 4.78 is 10.6. The number of aromatic nitrogens is 1. The van der Waals surface area contributed by atoms with Crippen molar-refractivity contribution in [1.82, 2.24) is 14.8 Å². The number of nitrogens with zero attached hydrogens (tertiary/aromatic N) is 3. The molecule has 1 atom stereocenters. The van der Waals surface area contributed by atoms with E-state index in [1.165, 1.54) is 0 Å². The zero-order chi connectivity index (χ0) is 24.5. The van der Waals surface area contributed by atoms with Crippen LogP contribution in [-0.2, 0) is 20.7 Å². The molecule has 1 aromatic heterocycles. The van der Waals surface area contributed by atoms with Crippen LogP contribution in [0.4, 0.5) is 4.79 Å². The molecule has 35 heavy (non-hydrogen) atoms. The number of fused-ring (bicyclic) bond motifs is 1. The third-order valence-corrected chi connectivity index (χ3v) is 6.83. The molecule has 0 aliphatic carbocycles. The molecule has 9 heteroatoms. The molecule has 1 aromatic carbocycles. The van der Waals surface area contributed by atoms with Crippen LogP contribution in [0.3, 0.4) is 0 Å². The van der Waals surface area contributed by atoms with Gasteiger partial charge in [0.2, 0.25) is 0 Å². The molecule has 4 heterocycles. The fourth-order valence-electron chi connectivity index (χ4n) is 5.12. The predicted molar refractivity (Wildman–Crippen MR) is 126 cm³/mol. The lowest BCUT2D eigenvalue weighted by Crippen LogP contribution is -2.48. The molecule has 5 rings (SSSR count). The Balaban J connectivity index is 1.51. The second-order valence-electron chi connectivity index (χ2n) is 8.83. The first-order valence-corrected chi connectivity index (χ1v) is 11.9. The lowest BCUT2D eigenvalue weighted by molar-refractivity contribution is -0.142. The minimum absolute atomic E-state index is 0.0506. The third-order valence-electron chi connectivity index (χ3n) is 6.83. The zero-order valence-electron chi connectivity index (χ0n) is 19.5. The maximum Gasteiger partial charge on any atom is 0.409 e. The SMILES string of the molecule is CCOC(=O)N1CCC(N2C(=O)C(=O)/C(=C(\O)c3ccc4c(c3)CCO4)C2c2cccnc2)CC1. The Morgan fingerprint density at radius 3 is 2.74 bits per heavy atom. The Morgan fingerprint density at radius 1 is 1.23 bits per heavy atom. The van der Waals surface area contributed by atoms with Gasteiger partial charge in [0.15, 0.2) is 0 Å². The van der Waals surface area contributed by atoms with Crippen molar-refractivity contribution in [2.24, 2.45) is 0 Å². The lowest BCUT2D eigenvalue weighted by Gasteiger charge is -2.38. The second kappa shape index (κ2) is 9.40. The number of hydrogen-bond acceptors (Lipinski definition) is 7.